The van der Waals surface area contributed by atoms with E-state index < -0.39 is 0 Å². The van der Waals surface area contributed by atoms with Crippen LogP contribution in [0.3, 0.4) is 0 Å². The number of rotatable bonds is 24. The predicted molar refractivity (Wildman–Crippen MR) is 149 cm³/mol. The first kappa shape index (κ1) is 35.4. The second-order valence-corrected chi connectivity index (χ2v) is 10.3. The lowest BCUT2D eigenvalue weighted by atomic mass is 9.83. The molecule has 0 aromatic heterocycles. The van der Waals surface area contributed by atoms with E-state index >= 15 is 0 Å². The molecule has 9 nitrogen and oxygen atoms in total. The third-order valence-electron chi connectivity index (χ3n) is 7.17. The Hall–Kier alpha value is -1.59. The molecule has 0 aliphatic heterocycles. The fraction of sp³-hybridized carbons (Fsp3) is 0.767. The van der Waals surface area contributed by atoms with Gasteiger partial charge >= 0.3 is 0 Å². The lowest BCUT2D eigenvalue weighted by Crippen LogP contribution is -2.39. The third-order valence-corrected chi connectivity index (χ3v) is 7.17. The summed E-state index contributed by atoms with van der Waals surface area (Å²) in [5.41, 5.74) is 1.10. The maximum Gasteiger partial charge on any atom is 0.146 e. The van der Waals surface area contributed by atoms with Gasteiger partial charge in [-0.25, -0.2) is 0 Å². The Kier molecular flexibility index (Phi) is 19.3. The number of ether oxygens (including phenoxy) is 8. The van der Waals surface area contributed by atoms with E-state index in [2.05, 4.69) is 20.8 Å². The van der Waals surface area contributed by atoms with Crippen LogP contribution < -0.4 is 4.74 Å². The van der Waals surface area contributed by atoms with E-state index in [1.165, 1.54) is 0 Å². The van der Waals surface area contributed by atoms with E-state index in [-0.39, 0.29) is 62.4 Å². The number of benzene rings is 1. The molecule has 0 unspecified atom stereocenters. The van der Waals surface area contributed by atoms with Gasteiger partial charge in [-0.1, -0.05) is 39.8 Å². The van der Waals surface area contributed by atoms with Crippen molar-refractivity contribution in [3.63, 3.8) is 0 Å². The summed E-state index contributed by atoms with van der Waals surface area (Å²) in [6.45, 7) is 9.97. The van der Waals surface area contributed by atoms with E-state index in [0.29, 0.717) is 13.2 Å². The number of carbonyl (C=O) groups excluding carboxylic acids is 1. The average molecular weight is 557 g/mol. The van der Waals surface area contributed by atoms with Crippen LogP contribution >= 0.6 is 0 Å². The zero-order valence-electron chi connectivity index (χ0n) is 25.3. The summed E-state index contributed by atoms with van der Waals surface area (Å²) < 4.78 is 44.9. The number of carbonyl (C=O) groups is 1. The standard InChI is InChI=1S/C30H52O9/c1-22(29(24(3)17-31)38-20-33-6)9-14-28(37-19-32-5)25(4)30(39-21-34-7)23(2)15-16-36-18-26-10-12-27(35-8)13-11-26/h10-13,17,22-25,28-30H,9,14-16,18-21H2,1-8H3/t22-,23+,24+,25-,28+,29-,30+/m0/s1. The SMILES string of the molecule is COCO[C@H]([C@H](C)C=O)[C@@H](C)CC[C@@H](OCOC)[C@H](C)[C@H](OCOC)[C@H](C)CCOCc1ccc(OC)cc1. The van der Waals surface area contributed by atoms with Crippen LogP contribution in [-0.4, -0.2) is 80.0 Å². The van der Waals surface area contributed by atoms with Gasteiger partial charge in [0.1, 0.15) is 32.4 Å². The molecule has 0 aliphatic carbocycles. The summed E-state index contributed by atoms with van der Waals surface area (Å²) in [5.74, 6) is 0.978. The Morgan fingerprint density at radius 3 is 1.85 bits per heavy atom. The van der Waals surface area contributed by atoms with E-state index in [4.69, 9.17) is 37.9 Å². The van der Waals surface area contributed by atoms with Crippen molar-refractivity contribution in [3.8, 4) is 5.75 Å². The molecule has 0 heterocycles. The monoisotopic (exact) mass is 556 g/mol. The normalized spacial score (nSPS) is 17.1. The van der Waals surface area contributed by atoms with Gasteiger partial charge in [-0.3, -0.25) is 0 Å². The minimum atomic E-state index is -0.235. The van der Waals surface area contributed by atoms with E-state index in [1.54, 1.807) is 28.4 Å². The lowest BCUT2D eigenvalue weighted by Gasteiger charge is -2.35. The second kappa shape index (κ2) is 21.2. The molecular formula is C30H52O9. The van der Waals surface area contributed by atoms with Crippen molar-refractivity contribution in [2.24, 2.45) is 23.7 Å². The highest BCUT2D eigenvalue weighted by Gasteiger charge is 2.33. The zero-order valence-corrected chi connectivity index (χ0v) is 25.3. The first-order chi connectivity index (χ1) is 18.8. The summed E-state index contributed by atoms with van der Waals surface area (Å²) in [5, 5.41) is 0. The van der Waals surface area contributed by atoms with Crippen LogP contribution in [-0.2, 0) is 44.6 Å². The van der Waals surface area contributed by atoms with Crippen molar-refractivity contribution in [2.75, 3.05) is 55.4 Å². The van der Waals surface area contributed by atoms with Crippen LogP contribution in [0, 0.1) is 23.7 Å². The van der Waals surface area contributed by atoms with Gasteiger partial charge in [0, 0.05) is 39.8 Å². The smallest absolute Gasteiger partial charge is 0.146 e. The van der Waals surface area contributed by atoms with Gasteiger partial charge in [0.05, 0.1) is 32.0 Å². The van der Waals surface area contributed by atoms with E-state index in [1.807, 2.05) is 31.2 Å². The Balaban J connectivity index is 2.79. The van der Waals surface area contributed by atoms with Gasteiger partial charge in [0.25, 0.3) is 0 Å². The topological polar surface area (TPSA) is 90.9 Å². The number of methoxy groups -OCH3 is 4. The molecular weight excluding hydrogens is 504 g/mol. The molecule has 0 amide bonds. The van der Waals surface area contributed by atoms with Gasteiger partial charge in [-0.15, -0.1) is 0 Å². The molecule has 0 fully saturated rings. The van der Waals surface area contributed by atoms with Crippen LogP contribution in [0.4, 0.5) is 0 Å². The van der Waals surface area contributed by atoms with Crippen molar-refractivity contribution in [2.45, 2.75) is 71.9 Å². The first-order valence-corrected chi connectivity index (χ1v) is 13.8. The molecule has 1 aromatic rings. The van der Waals surface area contributed by atoms with Crippen molar-refractivity contribution in [1.82, 2.24) is 0 Å². The minimum absolute atomic E-state index is 0.0564. The Morgan fingerprint density at radius 2 is 1.28 bits per heavy atom. The molecule has 1 aromatic carbocycles. The molecule has 226 valence electrons. The maximum absolute atomic E-state index is 11.5. The number of hydrogen-bond acceptors (Lipinski definition) is 9. The predicted octanol–water partition coefficient (Wildman–Crippen LogP) is 5.09. The van der Waals surface area contributed by atoms with Crippen molar-refractivity contribution in [1.29, 1.82) is 0 Å². The molecule has 0 saturated carbocycles. The fourth-order valence-electron chi connectivity index (χ4n) is 4.84. The molecule has 7 atom stereocenters. The molecule has 0 bridgehead atoms. The minimum Gasteiger partial charge on any atom is -0.497 e. The van der Waals surface area contributed by atoms with Crippen LogP contribution in [0.25, 0.3) is 0 Å². The molecule has 1 rings (SSSR count). The molecule has 39 heavy (non-hydrogen) atoms. The van der Waals surface area contributed by atoms with Crippen LogP contribution in [0.5, 0.6) is 5.75 Å². The fourth-order valence-corrected chi connectivity index (χ4v) is 4.84. The molecule has 0 radical (unpaired) electrons. The quantitative estimate of drug-likeness (QED) is 0.0981. The highest BCUT2D eigenvalue weighted by Crippen LogP contribution is 2.29. The Morgan fingerprint density at radius 1 is 0.718 bits per heavy atom. The molecule has 0 saturated heterocycles. The molecule has 0 N–H and O–H groups in total. The Bertz CT molecular complexity index is 730. The van der Waals surface area contributed by atoms with Gasteiger partial charge in [0.15, 0.2) is 0 Å². The van der Waals surface area contributed by atoms with E-state index in [9.17, 15) is 4.79 Å². The largest absolute Gasteiger partial charge is 0.497 e. The summed E-state index contributed by atoms with van der Waals surface area (Å²) >= 11 is 0. The highest BCUT2D eigenvalue weighted by atomic mass is 16.7. The maximum atomic E-state index is 11.5. The van der Waals surface area contributed by atoms with Crippen molar-refractivity contribution < 1.29 is 42.7 Å². The van der Waals surface area contributed by atoms with Crippen LogP contribution in [0.1, 0.15) is 52.5 Å². The number of hydrogen-bond donors (Lipinski definition) is 0. The molecule has 9 heteroatoms. The summed E-state index contributed by atoms with van der Waals surface area (Å²) in [6.07, 6.45) is 2.87. The van der Waals surface area contributed by atoms with Gasteiger partial charge in [0.2, 0.25) is 0 Å². The van der Waals surface area contributed by atoms with Crippen molar-refractivity contribution >= 4 is 6.29 Å². The van der Waals surface area contributed by atoms with Crippen LogP contribution in [0.15, 0.2) is 24.3 Å². The van der Waals surface area contributed by atoms with E-state index in [0.717, 1.165) is 36.9 Å². The van der Waals surface area contributed by atoms with Gasteiger partial charge < -0.3 is 42.7 Å². The third kappa shape index (κ3) is 13.5. The summed E-state index contributed by atoms with van der Waals surface area (Å²) in [6, 6.07) is 7.89. The summed E-state index contributed by atoms with van der Waals surface area (Å²) in [7, 11) is 6.48. The second-order valence-electron chi connectivity index (χ2n) is 10.3. The highest BCUT2D eigenvalue weighted by molar-refractivity contribution is 5.53. The van der Waals surface area contributed by atoms with Gasteiger partial charge in [-0.05, 0) is 48.8 Å². The lowest BCUT2D eigenvalue weighted by molar-refractivity contribution is -0.157. The van der Waals surface area contributed by atoms with Crippen molar-refractivity contribution in [3.05, 3.63) is 29.8 Å². The Labute approximate surface area is 235 Å². The summed E-state index contributed by atoms with van der Waals surface area (Å²) in [4.78, 5) is 11.5. The molecule has 0 spiro atoms. The first-order valence-electron chi connectivity index (χ1n) is 13.8. The average Bonchev–Trinajstić information content (AvgIpc) is 2.95. The van der Waals surface area contributed by atoms with Crippen LogP contribution in [0.2, 0.25) is 0 Å². The zero-order chi connectivity index (χ0) is 29.0. The number of aldehydes is 1. The molecule has 0 aliphatic rings. The van der Waals surface area contributed by atoms with Gasteiger partial charge in [-0.2, -0.15) is 0 Å².